The predicted molar refractivity (Wildman–Crippen MR) is 122 cm³/mol. The summed E-state index contributed by atoms with van der Waals surface area (Å²) in [5.74, 6) is 0.0199. The Hall–Kier alpha value is -4.08. The van der Waals surface area contributed by atoms with Crippen molar-refractivity contribution >= 4 is 23.2 Å². The van der Waals surface area contributed by atoms with Crippen molar-refractivity contribution < 1.29 is 18.5 Å². The van der Waals surface area contributed by atoms with Gasteiger partial charge in [0, 0.05) is 50.3 Å². The SMILES string of the molecule is O=C(CN1N=C(c2nc(-c3ccccc3)no2)CCC1=O)N1CCN(c2ccc(F)cc2)CC1. The van der Waals surface area contributed by atoms with Gasteiger partial charge in [0.05, 0.1) is 0 Å². The lowest BCUT2D eigenvalue weighted by Crippen LogP contribution is -2.51. The number of aromatic nitrogens is 2. The van der Waals surface area contributed by atoms with Crippen LogP contribution in [-0.2, 0) is 9.59 Å². The maximum atomic E-state index is 13.2. The lowest BCUT2D eigenvalue weighted by molar-refractivity contribution is -0.141. The zero-order valence-electron chi connectivity index (χ0n) is 18.4. The average molecular weight is 462 g/mol. The molecule has 2 aliphatic rings. The van der Waals surface area contributed by atoms with Crippen LogP contribution in [0.25, 0.3) is 11.4 Å². The van der Waals surface area contributed by atoms with E-state index in [0.29, 0.717) is 44.1 Å². The monoisotopic (exact) mass is 462 g/mol. The molecule has 1 aromatic heterocycles. The van der Waals surface area contributed by atoms with Gasteiger partial charge in [0.25, 0.3) is 5.89 Å². The Labute approximate surface area is 195 Å². The van der Waals surface area contributed by atoms with Crippen molar-refractivity contribution in [2.75, 3.05) is 37.6 Å². The number of amides is 2. The van der Waals surface area contributed by atoms with Gasteiger partial charge in [0.15, 0.2) is 0 Å². The number of hydrogen-bond acceptors (Lipinski definition) is 7. The fraction of sp³-hybridized carbons (Fsp3) is 0.292. The third-order valence-corrected chi connectivity index (χ3v) is 5.92. The lowest BCUT2D eigenvalue weighted by Gasteiger charge is -2.36. The van der Waals surface area contributed by atoms with E-state index in [0.717, 1.165) is 11.3 Å². The smallest absolute Gasteiger partial charge is 0.274 e. The molecule has 10 heteroatoms. The summed E-state index contributed by atoms with van der Waals surface area (Å²) in [5, 5.41) is 9.56. The van der Waals surface area contributed by atoms with Crippen molar-refractivity contribution in [1.82, 2.24) is 20.0 Å². The number of hydrazone groups is 1. The molecule has 0 unspecified atom stereocenters. The summed E-state index contributed by atoms with van der Waals surface area (Å²) in [6, 6.07) is 15.7. The predicted octanol–water partition coefficient (Wildman–Crippen LogP) is 2.55. The summed E-state index contributed by atoms with van der Waals surface area (Å²) in [5.41, 5.74) is 2.23. The first-order valence-electron chi connectivity index (χ1n) is 11.1. The molecule has 0 saturated carbocycles. The molecule has 3 heterocycles. The molecule has 0 bridgehead atoms. The maximum absolute atomic E-state index is 13.2. The number of hydrogen-bond donors (Lipinski definition) is 0. The minimum atomic E-state index is -0.277. The summed E-state index contributed by atoms with van der Waals surface area (Å²) in [7, 11) is 0. The fourth-order valence-corrected chi connectivity index (χ4v) is 4.02. The van der Waals surface area contributed by atoms with Crippen LogP contribution in [0.5, 0.6) is 0 Å². The van der Waals surface area contributed by atoms with Crippen molar-refractivity contribution in [1.29, 1.82) is 0 Å². The molecule has 0 aliphatic carbocycles. The Kier molecular flexibility index (Phi) is 6.03. The first kappa shape index (κ1) is 21.7. The highest BCUT2D eigenvalue weighted by atomic mass is 19.1. The Morgan fingerprint density at radius 2 is 1.71 bits per heavy atom. The van der Waals surface area contributed by atoms with Crippen LogP contribution in [0.1, 0.15) is 18.7 Å². The van der Waals surface area contributed by atoms with E-state index in [4.69, 9.17) is 4.52 Å². The van der Waals surface area contributed by atoms with Gasteiger partial charge >= 0.3 is 0 Å². The number of anilines is 1. The molecule has 0 radical (unpaired) electrons. The summed E-state index contributed by atoms with van der Waals surface area (Å²) in [6.07, 6.45) is 0.587. The Morgan fingerprint density at radius 1 is 0.971 bits per heavy atom. The van der Waals surface area contributed by atoms with Crippen LogP contribution in [0.3, 0.4) is 0 Å². The molecule has 2 amide bonds. The van der Waals surface area contributed by atoms with E-state index < -0.39 is 0 Å². The zero-order chi connectivity index (χ0) is 23.5. The Bertz CT molecular complexity index is 1200. The van der Waals surface area contributed by atoms with Crippen molar-refractivity contribution in [3.8, 4) is 11.4 Å². The van der Waals surface area contributed by atoms with Gasteiger partial charge in [0.1, 0.15) is 18.1 Å². The topological polar surface area (TPSA) is 95.1 Å². The number of nitrogens with zero attached hydrogens (tertiary/aromatic N) is 6. The normalized spacial score (nSPS) is 16.6. The summed E-state index contributed by atoms with van der Waals surface area (Å²) in [6.45, 7) is 2.14. The molecule has 5 rings (SSSR count). The van der Waals surface area contributed by atoms with Gasteiger partial charge in [0.2, 0.25) is 17.6 Å². The van der Waals surface area contributed by atoms with Crippen LogP contribution in [0.2, 0.25) is 0 Å². The van der Waals surface area contributed by atoms with E-state index >= 15 is 0 Å². The molecule has 2 aromatic carbocycles. The first-order valence-corrected chi connectivity index (χ1v) is 11.1. The molecule has 34 heavy (non-hydrogen) atoms. The molecular formula is C24H23FN6O3. The molecule has 1 saturated heterocycles. The molecular weight excluding hydrogens is 439 g/mol. The summed E-state index contributed by atoms with van der Waals surface area (Å²) >= 11 is 0. The number of carbonyl (C=O) groups is 2. The van der Waals surface area contributed by atoms with Gasteiger partial charge in [-0.1, -0.05) is 35.5 Å². The van der Waals surface area contributed by atoms with Crippen LogP contribution in [-0.4, -0.2) is 70.3 Å². The number of rotatable bonds is 5. The molecule has 0 N–H and O–H groups in total. The number of benzene rings is 2. The third kappa shape index (κ3) is 4.66. The van der Waals surface area contributed by atoms with Crippen LogP contribution in [0.4, 0.5) is 10.1 Å². The summed E-state index contributed by atoms with van der Waals surface area (Å²) in [4.78, 5) is 33.5. The minimum Gasteiger partial charge on any atom is -0.368 e. The molecule has 0 spiro atoms. The van der Waals surface area contributed by atoms with E-state index in [1.165, 1.54) is 17.1 Å². The van der Waals surface area contributed by atoms with Gasteiger partial charge in [-0.15, -0.1) is 0 Å². The number of halogens is 1. The standard InChI is InChI=1S/C24H23FN6O3/c25-18-6-8-19(9-7-18)29-12-14-30(15-13-29)22(33)16-31-21(32)11-10-20(27-31)24-26-23(28-34-24)17-4-2-1-3-5-17/h1-9H,10-16H2. The van der Waals surface area contributed by atoms with Crippen LogP contribution in [0, 0.1) is 5.82 Å². The molecule has 3 aromatic rings. The van der Waals surface area contributed by atoms with Crippen molar-refractivity contribution in [2.24, 2.45) is 5.10 Å². The maximum Gasteiger partial charge on any atom is 0.274 e. The number of carbonyl (C=O) groups excluding carboxylic acids is 2. The van der Waals surface area contributed by atoms with Crippen molar-refractivity contribution in [3.63, 3.8) is 0 Å². The van der Waals surface area contributed by atoms with Crippen LogP contribution in [0.15, 0.2) is 64.2 Å². The van der Waals surface area contributed by atoms with Gasteiger partial charge in [-0.05, 0) is 24.3 Å². The average Bonchev–Trinajstić information content (AvgIpc) is 3.37. The molecule has 1 fully saturated rings. The van der Waals surface area contributed by atoms with E-state index in [1.807, 2.05) is 30.3 Å². The number of piperazine rings is 1. The fourth-order valence-electron chi connectivity index (χ4n) is 4.02. The Balaban J connectivity index is 1.22. The van der Waals surface area contributed by atoms with Crippen molar-refractivity contribution in [2.45, 2.75) is 12.8 Å². The second-order valence-corrected chi connectivity index (χ2v) is 8.13. The largest absolute Gasteiger partial charge is 0.368 e. The van der Waals surface area contributed by atoms with Gasteiger partial charge in [-0.3, -0.25) is 9.59 Å². The van der Waals surface area contributed by atoms with Gasteiger partial charge in [-0.25, -0.2) is 9.40 Å². The first-order chi connectivity index (χ1) is 16.6. The third-order valence-electron chi connectivity index (χ3n) is 5.92. The quantitative estimate of drug-likeness (QED) is 0.578. The highest BCUT2D eigenvalue weighted by molar-refractivity contribution is 6.01. The summed E-state index contributed by atoms with van der Waals surface area (Å²) < 4.78 is 18.5. The molecule has 2 aliphatic heterocycles. The highest BCUT2D eigenvalue weighted by Gasteiger charge is 2.29. The molecule has 9 nitrogen and oxygen atoms in total. The second kappa shape index (κ2) is 9.42. The minimum absolute atomic E-state index is 0.140. The second-order valence-electron chi connectivity index (χ2n) is 8.13. The van der Waals surface area contributed by atoms with E-state index in [1.54, 1.807) is 17.0 Å². The van der Waals surface area contributed by atoms with Gasteiger partial charge in [-0.2, -0.15) is 10.1 Å². The van der Waals surface area contributed by atoms with Gasteiger partial charge < -0.3 is 14.3 Å². The van der Waals surface area contributed by atoms with Crippen LogP contribution < -0.4 is 4.90 Å². The highest BCUT2D eigenvalue weighted by Crippen LogP contribution is 2.20. The molecule has 0 atom stereocenters. The van der Waals surface area contributed by atoms with Crippen LogP contribution >= 0.6 is 0 Å². The lowest BCUT2D eigenvalue weighted by atomic mass is 10.1. The van der Waals surface area contributed by atoms with E-state index in [-0.39, 0.29) is 36.5 Å². The zero-order valence-corrected chi connectivity index (χ0v) is 18.4. The van der Waals surface area contributed by atoms with Crippen molar-refractivity contribution in [3.05, 3.63) is 66.3 Å². The van der Waals surface area contributed by atoms with E-state index in [9.17, 15) is 14.0 Å². The van der Waals surface area contributed by atoms with E-state index in [2.05, 4.69) is 20.1 Å². The Morgan fingerprint density at radius 3 is 2.44 bits per heavy atom. The molecule has 174 valence electrons.